The molecule has 5 heteroatoms. The molecule has 0 aromatic rings. The average molecular weight is 262 g/mol. The van der Waals surface area contributed by atoms with Crippen LogP contribution in [0.25, 0.3) is 0 Å². The molecule has 1 fully saturated rings. The van der Waals surface area contributed by atoms with Crippen molar-refractivity contribution < 1.29 is 24.8 Å². The first-order valence-corrected chi connectivity index (χ1v) is 6.94. The van der Waals surface area contributed by atoms with Gasteiger partial charge in [-0.2, -0.15) is 0 Å². The molecule has 4 atom stereocenters. The van der Waals surface area contributed by atoms with E-state index in [-0.39, 0.29) is 6.61 Å². The molecule has 0 aromatic carbocycles. The number of ether oxygens (including phenoxy) is 2. The van der Waals surface area contributed by atoms with Gasteiger partial charge in [0.1, 0.15) is 18.3 Å². The molecule has 1 rings (SSSR count). The number of rotatable bonds is 8. The largest absolute Gasteiger partial charge is 0.387 e. The Hall–Kier alpha value is -0.200. The van der Waals surface area contributed by atoms with Crippen molar-refractivity contribution in [2.45, 2.75) is 70.1 Å². The molecule has 0 spiro atoms. The lowest BCUT2D eigenvalue weighted by Gasteiger charge is -2.34. The fraction of sp³-hybridized carbons (Fsp3) is 1.00. The van der Waals surface area contributed by atoms with Crippen LogP contribution in [0.3, 0.4) is 0 Å². The van der Waals surface area contributed by atoms with E-state index in [1.807, 2.05) is 0 Å². The lowest BCUT2D eigenvalue weighted by molar-refractivity contribution is -0.260. The first kappa shape index (κ1) is 15.9. The minimum atomic E-state index is -1.31. The summed E-state index contributed by atoms with van der Waals surface area (Å²) >= 11 is 0. The summed E-state index contributed by atoms with van der Waals surface area (Å²) in [5, 5.41) is 28.2. The third kappa shape index (κ3) is 5.20. The predicted molar refractivity (Wildman–Crippen MR) is 67.1 cm³/mol. The zero-order valence-corrected chi connectivity index (χ0v) is 11.1. The molecule has 1 aliphatic heterocycles. The van der Waals surface area contributed by atoms with E-state index in [4.69, 9.17) is 9.47 Å². The molecule has 0 bridgehead atoms. The van der Waals surface area contributed by atoms with Crippen LogP contribution in [0.15, 0.2) is 0 Å². The van der Waals surface area contributed by atoms with Gasteiger partial charge >= 0.3 is 0 Å². The number of aliphatic hydroxyl groups excluding tert-OH is 3. The Bertz CT molecular complexity index is 212. The van der Waals surface area contributed by atoms with E-state index in [0.717, 1.165) is 12.8 Å². The zero-order chi connectivity index (χ0) is 13.4. The van der Waals surface area contributed by atoms with Gasteiger partial charge in [-0.05, 0) is 6.42 Å². The van der Waals surface area contributed by atoms with Gasteiger partial charge in [0.15, 0.2) is 6.29 Å². The third-order valence-electron chi connectivity index (χ3n) is 3.28. The van der Waals surface area contributed by atoms with Crippen molar-refractivity contribution in [3.63, 3.8) is 0 Å². The molecule has 0 saturated carbocycles. The molecule has 0 aromatic heterocycles. The highest BCUT2D eigenvalue weighted by atomic mass is 16.6. The Morgan fingerprint density at radius 1 is 1.00 bits per heavy atom. The first-order chi connectivity index (χ1) is 8.66. The molecular formula is C13H26O5. The summed E-state index contributed by atoms with van der Waals surface area (Å²) in [5.41, 5.74) is 0. The standard InChI is InChI=1S/C13H26O5/c1-2-3-4-5-6-7-8-17-10-9-18-13(16)12(15)11(10)14/h10-16H,2-9H2,1H3/t10-,11+,12-,13?/m1/s1. The van der Waals surface area contributed by atoms with Crippen LogP contribution in [-0.2, 0) is 9.47 Å². The summed E-state index contributed by atoms with van der Waals surface area (Å²) in [6, 6.07) is 0. The molecule has 0 radical (unpaired) electrons. The number of unbranched alkanes of at least 4 members (excludes halogenated alkanes) is 5. The summed E-state index contributed by atoms with van der Waals surface area (Å²) in [5.74, 6) is 0. The first-order valence-electron chi connectivity index (χ1n) is 6.94. The van der Waals surface area contributed by atoms with Crippen LogP contribution in [0.4, 0.5) is 0 Å². The highest BCUT2D eigenvalue weighted by molar-refractivity contribution is 4.82. The fourth-order valence-electron chi connectivity index (χ4n) is 2.04. The molecule has 1 aliphatic rings. The number of hydrogen-bond donors (Lipinski definition) is 3. The third-order valence-corrected chi connectivity index (χ3v) is 3.28. The van der Waals surface area contributed by atoms with Crippen LogP contribution in [-0.4, -0.2) is 53.1 Å². The topological polar surface area (TPSA) is 79.2 Å². The van der Waals surface area contributed by atoms with Gasteiger partial charge in [-0.1, -0.05) is 39.0 Å². The Morgan fingerprint density at radius 3 is 2.39 bits per heavy atom. The van der Waals surface area contributed by atoms with Crippen molar-refractivity contribution in [1.82, 2.24) is 0 Å². The van der Waals surface area contributed by atoms with E-state index < -0.39 is 24.6 Å². The average Bonchev–Trinajstić information content (AvgIpc) is 2.37. The van der Waals surface area contributed by atoms with Crippen LogP contribution in [0.1, 0.15) is 45.4 Å². The van der Waals surface area contributed by atoms with E-state index in [1.165, 1.54) is 25.7 Å². The Balaban J connectivity index is 2.05. The van der Waals surface area contributed by atoms with E-state index in [2.05, 4.69) is 6.92 Å². The fourth-order valence-corrected chi connectivity index (χ4v) is 2.04. The number of aliphatic hydroxyl groups is 3. The zero-order valence-electron chi connectivity index (χ0n) is 11.1. The monoisotopic (exact) mass is 262 g/mol. The number of hydrogen-bond acceptors (Lipinski definition) is 5. The van der Waals surface area contributed by atoms with Gasteiger partial charge in [0.25, 0.3) is 0 Å². The quantitative estimate of drug-likeness (QED) is 0.564. The summed E-state index contributed by atoms with van der Waals surface area (Å²) in [7, 11) is 0. The molecule has 18 heavy (non-hydrogen) atoms. The van der Waals surface area contributed by atoms with Crippen molar-refractivity contribution in [2.24, 2.45) is 0 Å². The predicted octanol–water partition coefficient (Wildman–Crippen LogP) is 0.802. The Kier molecular flexibility index (Phi) is 7.77. The van der Waals surface area contributed by atoms with Crippen molar-refractivity contribution in [3.05, 3.63) is 0 Å². The van der Waals surface area contributed by atoms with Gasteiger partial charge in [0.2, 0.25) is 0 Å². The Morgan fingerprint density at radius 2 is 1.67 bits per heavy atom. The van der Waals surface area contributed by atoms with Gasteiger partial charge < -0.3 is 24.8 Å². The van der Waals surface area contributed by atoms with Gasteiger partial charge in [-0.25, -0.2) is 0 Å². The van der Waals surface area contributed by atoms with Crippen molar-refractivity contribution >= 4 is 0 Å². The SMILES string of the molecule is CCCCCCCCO[C@@H]1COC(O)[C@H](O)[C@H]1O. The van der Waals surface area contributed by atoms with E-state index >= 15 is 0 Å². The highest BCUT2D eigenvalue weighted by Gasteiger charge is 2.37. The second-order valence-electron chi connectivity index (χ2n) is 4.88. The van der Waals surface area contributed by atoms with Gasteiger partial charge in [0, 0.05) is 6.61 Å². The van der Waals surface area contributed by atoms with E-state index in [9.17, 15) is 15.3 Å². The Labute approximate surface area is 109 Å². The molecule has 1 unspecified atom stereocenters. The van der Waals surface area contributed by atoms with Gasteiger partial charge in [0.05, 0.1) is 6.61 Å². The van der Waals surface area contributed by atoms with Crippen LogP contribution in [0, 0.1) is 0 Å². The van der Waals surface area contributed by atoms with Crippen LogP contribution < -0.4 is 0 Å². The highest BCUT2D eigenvalue weighted by Crippen LogP contribution is 2.17. The lowest BCUT2D eigenvalue weighted by atomic mass is 10.1. The van der Waals surface area contributed by atoms with Crippen LogP contribution in [0.5, 0.6) is 0 Å². The molecule has 1 saturated heterocycles. The normalized spacial score (nSPS) is 32.7. The molecule has 0 amide bonds. The lowest BCUT2D eigenvalue weighted by Crippen LogP contribution is -2.53. The van der Waals surface area contributed by atoms with Crippen LogP contribution in [0.2, 0.25) is 0 Å². The van der Waals surface area contributed by atoms with Crippen molar-refractivity contribution in [2.75, 3.05) is 13.2 Å². The minimum Gasteiger partial charge on any atom is -0.387 e. The second-order valence-corrected chi connectivity index (χ2v) is 4.88. The summed E-state index contributed by atoms with van der Waals surface area (Å²) < 4.78 is 10.4. The molecule has 5 nitrogen and oxygen atoms in total. The van der Waals surface area contributed by atoms with E-state index in [0.29, 0.717) is 6.61 Å². The van der Waals surface area contributed by atoms with Gasteiger partial charge in [-0.3, -0.25) is 0 Å². The van der Waals surface area contributed by atoms with Crippen molar-refractivity contribution in [3.8, 4) is 0 Å². The maximum atomic E-state index is 9.67. The smallest absolute Gasteiger partial charge is 0.183 e. The molecule has 1 heterocycles. The summed E-state index contributed by atoms with van der Waals surface area (Å²) in [6.07, 6.45) is 2.84. The maximum absolute atomic E-state index is 9.67. The summed E-state index contributed by atoms with van der Waals surface area (Å²) in [4.78, 5) is 0. The second kappa shape index (κ2) is 8.82. The maximum Gasteiger partial charge on any atom is 0.183 e. The molecule has 0 aliphatic carbocycles. The minimum absolute atomic E-state index is 0.120. The summed E-state index contributed by atoms with van der Waals surface area (Å²) in [6.45, 7) is 2.86. The van der Waals surface area contributed by atoms with Crippen LogP contribution >= 0.6 is 0 Å². The molecule has 108 valence electrons. The van der Waals surface area contributed by atoms with E-state index in [1.54, 1.807) is 0 Å². The van der Waals surface area contributed by atoms with Gasteiger partial charge in [-0.15, -0.1) is 0 Å². The molecular weight excluding hydrogens is 236 g/mol. The molecule has 3 N–H and O–H groups in total. The van der Waals surface area contributed by atoms with Crippen molar-refractivity contribution in [1.29, 1.82) is 0 Å².